The van der Waals surface area contributed by atoms with Crippen LogP contribution in [0.3, 0.4) is 0 Å². The number of hydrogen-bond acceptors (Lipinski definition) is 6. The number of hydrogen-bond donors (Lipinski definition) is 6. The zero-order valence-corrected chi connectivity index (χ0v) is 7.67. The van der Waals surface area contributed by atoms with E-state index in [1.165, 1.54) is 0 Å². The van der Waals surface area contributed by atoms with Gasteiger partial charge in [-0.2, -0.15) is 0 Å². The first-order valence-electron chi connectivity index (χ1n) is 0. The van der Waals surface area contributed by atoms with Crippen molar-refractivity contribution < 1.29 is 16.5 Å². The Morgan fingerprint density at radius 3 is 0.375 bits per heavy atom. The Bertz CT molecular complexity index is 8.49. The molecule has 8 heteroatoms. The van der Waals surface area contributed by atoms with Crippen molar-refractivity contribution in [1.29, 1.82) is 0 Å². The third kappa shape index (κ3) is 411. The zero-order chi connectivity index (χ0) is 0. The van der Waals surface area contributed by atoms with Gasteiger partial charge in [0.15, 0.2) is 0 Å². The van der Waals surface area contributed by atoms with Gasteiger partial charge in [-0.25, -0.2) is 0 Å². The summed E-state index contributed by atoms with van der Waals surface area (Å²) >= 11 is 0. The predicted molar refractivity (Wildman–Crippen MR) is 40.5 cm³/mol. The van der Waals surface area contributed by atoms with Crippen LogP contribution in [0, 0.1) is 0 Å². The average Bonchev–Trinajstić information content (AvgIpc) is 0. The second-order valence-electron chi connectivity index (χ2n) is 0. The minimum Gasteiger partial charge on any atom is -0.344 e. The summed E-state index contributed by atoms with van der Waals surface area (Å²) in [5.41, 5.74) is 0. The maximum absolute atomic E-state index is 0. The van der Waals surface area contributed by atoms with Crippen molar-refractivity contribution >= 4 is 17.0 Å². The molecule has 0 aliphatic rings. The third-order valence-electron chi connectivity index (χ3n) is 0. The summed E-state index contributed by atoms with van der Waals surface area (Å²) in [6.45, 7) is 0. The summed E-state index contributed by atoms with van der Waals surface area (Å²) in [5, 5.41) is 0. The Balaban J connectivity index is 0. The summed E-state index contributed by atoms with van der Waals surface area (Å²) < 4.78 is 0. The standard InChI is InChI=1S/BrH.6H3N.Ni/h1H;6*1H3;. The molecule has 0 aromatic carbocycles. The number of halogens is 1. The molecule has 0 spiro atoms. The predicted octanol–water partition coefficient (Wildman–Crippen LogP) is 1.55. The molecule has 0 rings (SSSR count). The molecule has 0 amide bonds. The van der Waals surface area contributed by atoms with Crippen molar-refractivity contribution in [2.45, 2.75) is 0 Å². The molecule has 0 aromatic heterocycles. The van der Waals surface area contributed by atoms with Gasteiger partial charge in [0.05, 0.1) is 0 Å². The summed E-state index contributed by atoms with van der Waals surface area (Å²) in [6, 6.07) is 0. The van der Waals surface area contributed by atoms with Crippen LogP contribution in [0.2, 0.25) is 0 Å². The summed E-state index contributed by atoms with van der Waals surface area (Å²) in [5.74, 6) is 0. The maximum atomic E-state index is 0. The van der Waals surface area contributed by atoms with E-state index < -0.39 is 0 Å². The molecule has 0 saturated carbocycles. The van der Waals surface area contributed by atoms with E-state index in [-0.39, 0.29) is 70.4 Å². The summed E-state index contributed by atoms with van der Waals surface area (Å²) in [6.07, 6.45) is 0. The van der Waals surface area contributed by atoms with Crippen LogP contribution in [0.4, 0.5) is 0 Å². The molecule has 0 aliphatic heterocycles. The normalized spacial score (nSPS) is 0. The Labute approximate surface area is 70.7 Å². The summed E-state index contributed by atoms with van der Waals surface area (Å²) in [4.78, 5) is 0. The fourth-order valence-corrected chi connectivity index (χ4v) is 0. The monoisotopic (exact) mass is 240 g/mol. The van der Waals surface area contributed by atoms with Crippen LogP contribution in [0.25, 0.3) is 0 Å². The van der Waals surface area contributed by atoms with E-state index in [4.69, 9.17) is 0 Å². The van der Waals surface area contributed by atoms with Crippen molar-refractivity contribution in [3.05, 3.63) is 0 Å². The molecule has 0 bridgehead atoms. The fourth-order valence-electron chi connectivity index (χ4n) is 0. The van der Waals surface area contributed by atoms with Crippen LogP contribution in [0.1, 0.15) is 0 Å². The van der Waals surface area contributed by atoms with Crippen molar-refractivity contribution in [3.63, 3.8) is 0 Å². The first-order chi connectivity index (χ1) is 0. The van der Waals surface area contributed by atoms with Crippen LogP contribution < -0.4 is 36.9 Å². The van der Waals surface area contributed by atoms with Crippen LogP contribution in [-0.2, 0) is 16.5 Å². The van der Waals surface area contributed by atoms with Crippen LogP contribution >= 0.6 is 17.0 Å². The topological polar surface area (TPSA) is 210 Å². The third-order valence-corrected chi connectivity index (χ3v) is 0. The Morgan fingerprint density at radius 2 is 0.375 bits per heavy atom. The van der Waals surface area contributed by atoms with Crippen molar-refractivity contribution in [1.82, 2.24) is 36.9 Å². The molecule has 0 radical (unpaired) electrons. The van der Waals surface area contributed by atoms with Gasteiger partial charge < -0.3 is 36.9 Å². The van der Waals surface area contributed by atoms with Gasteiger partial charge in [0.25, 0.3) is 0 Å². The minimum atomic E-state index is 0. The zero-order valence-electron chi connectivity index (χ0n) is 4.97. The molecule has 8 heavy (non-hydrogen) atoms. The Hall–Kier alpha value is 0.734. The van der Waals surface area contributed by atoms with Crippen molar-refractivity contribution in [2.75, 3.05) is 0 Å². The molecule has 0 aromatic rings. The molecule has 0 heterocycles. The van der Waals surface area contributed by atoms with Crippen LogP contribution in [0.15, 0.2) is 0 Å². The quantitative estimate of drug-likeness (QED) is 0.346. The second-order valence-corrected chi connectivity index (χ2v) is 0. The average molecular weight is 242 g/mol. The fraction of sp³-hybridized carbons (Fsp3) is 0. The van der Waals surface area contributed by atoms with E-state index in [9.17, 15) is 0 Å². The molecule has 6 nitrogen and oxygen atoms in total. The second kappa shape index (κ2) is 652. The molecular formula is H19BrN6Ni. The van der Waals surface area contributed by atoms with E-state index in [0.717, 1.165) is 0 Å². The van der Waals surface area contributed by atoms with Gasteiger partial charge in [-0.05, 0) is 0 Å². The molecular weight excluding hydrogens is 223 g/mol. The maximum Gasteiger partial charge on any atom is 0 e. The molecule has 0 unspecified atom stereocenters. The van der Waals surface area contributed by atoms with Crippen LogP contribution in [-0.4, -0.2) is 0 Å². The van der Waals surface area contributed by atoms with E-state index in [1.807, 2.05) is 0 Å². The molecule has 0 aliphatic carbocycles. The first kappa shape index (κ1) is 971. The molecule has 66 valence electrons. The first-order valence-corrected chi connectivity index (χ1v) is 0. The Kier molecular flexibility index (Phi) is 79100. The Morgan fingerprint density at radius 1 is 0.375 bits per heavy atom. The SMILES string of the molecule is Br.N.N.N.N.N.N.[Ni]. The van der Waals surface area contributed by atoms with Gasteiger partial charge in [-0.15, -0.1) is 17.0 Å². The van der Waals surface area contributed by atoms with Gasteiger partial charge in [0, 0.05) is 16.5 Å². The van der Waals surface area contributed by atoms with E-state index in [1.54, 1.807) is 0 Å². The molecule has 0 atom stereocenters. The van der Waals surface area contributed by atoms with Crippen molar-refractivity contribution in [3.8, 4) is 0 Å². The number of rotatable bonds is 0. The van der Waals surface area contributed by atoms with E-state index >= 15 is 0 Å². The summed E-state index contributed by atoms with van der Waals surface area (Å²) in [7, 11) is 0. The van der Waals surface area contributed by atoms with E-state index in [2.05, 4.69) is 0 Å². The van der Waals surface area contributed by atoms with Gasteiger partial charge in [-0.1, -0.05) is 0 Å². The van der Waals surface area contributed by atoms with Crippen LogP contribution in [0.5, 0.6) is 0 Å². The van der Waals surface area contributed by atoms with Gasteiger partial charge in [0.2, 0.25) is 0 Å². The van der Waals surface area contributed by atoms with E-state index in [0.29, 0.717) is 0 Å². The smallest absolute Gasteiger partial charge is 0 e. The molecule has 0 saturated heterocycles. The largest absolute Gasteiger partial charge is 0.344 e. The van der Waals surface area contributed by atoms with Gasteiger partial charge >= 0.3 is 0 Å². The van der Waals surface area contributed by atoms with Gasteiger partial charge in [0.1, 0.15) is 0 Å². The molecule has 0 fully saturated rings. The van der Waals surface area contributed by atoms with Crippen molar-refractivity contribution in [2.24, 2.45) is 0 Å². The molecule has 18 N–H and O–H groups in total. The van der Waals surface area contributed by atoms with Gasteiger partial charge in [-0.3, -0.25) is 0 Å². The minimum absolute atomic E-state index is 0.